The molecule has 0 spiro atoms. The van der Waals surface area contributed by atoms with E-state index in [1.807, 2.05) is 18.6 Å². The molecule has 0 aliphatic heterocycles. The molecule has 5 aromatic carbocycles. The van der Waals surface area contributed by atoms with Gasteiger partial charge in [0.1, 0.15) is 0 Å². The monoisotopic (exact) mass is 536 g/mol. The smallest absolute Gasteiger partial charge is 0.0723 e. The molecule has 0 saturated heterocycles. The van der Waals surface area contributed by atoms with Crippen molar-refractivity contribution in [3.8, 4) is 22.5 Å². The fourth-order valence-corrected chi connectivity index (χ4v) is 6.56. The molecule has 0 aliphatic carbocycles. The molecule has 4 heterocycles. The zero-order valence-electron chi connectivity index (χ0n) is 22.6. The van der Waals surface area contributed by atoms with Gasteiger partial charge in [0.25, 0.3) is 0 Å². The third-order valence-electron chi connectivity index (χ3n) is 8.43. The van der Waals surface area contributed by atoms with Crippen LogP contribution in [0.5, 0.6) is 0 Å². The zero-order chi connectivity index (χ0) is 27.6. The summed E-state index contributed by atoms with van der Waals surface area (Å²) in [4.78, 5) is 9.33. The molecule has 4 aromatic heterocycles. The number of fused-ring (bicyclic) bond motifs is 8. The Labute approximate surface area is 241 Å². The van der Waals surface area contributed by atoms with Gasteiger partial charge in [0, 0.05) is 56.9 Å². The van der Waals surface area contributed by atoms with Crippen LogP contribution in [-0.2, 0) is 0 Å². The van der Waals surface area contributed by atoms with Crippen molar-refractivity contribution in [3.05, 3.63) is 146 Å². The van der Waals surface area contributed by atoms with Crippen molar-refractivity contribution in [1.82, 2.24) is 19.1 Å². The van der Waals surface area contributed by atoms with Crippen LogP contribution in [0.1, 0.15) is 0 Å². The molecule has 196 valence electrons. The molecule has 0 saturated carbocycles. The second-order valence-corrected chi connectivity index (χ2v) is 10.7. The van der Waals surface area contributed by atoms with E-state index in [2.05, 4.69) is 142 Å². The Balaban J connectivity index is 1.31. The molecule has 4 heteroatoms. The largest absolute Gasteiger partial charge is 0.309 e. The van der Waals surface area contributed by atoms with Crippen LogP contribution in [-0.4, -0.2) is 19.1 Å². The second kappa shape index (κ2) is 8.88. The van der Waals surface area contributed by atoms with Crippen LogP contribution in [0.3, 0.4) is 0 Å². The highest BCUT2D eigenvalue weighted by molar-refractivity contribution is 6.18. The first-order chi connectivity index (χ1) is 20.8. The molecule has 0 unspecified atom stereocenters. The van der Waals surface area contributed by atoms with E-state index in [4.69, 9.17) is 4.98 Å². The normalized spacial score (nSPS) is 11.8. The van der Waals surface area contributed by atoms with E-state index < -0.39 is 0 Å². The SMILES string of the molecule is c1ccc(-n2c3ccncc3c3cc(-c4ccc5c(c4)c4cnc6ccccc6c4n5-c4ccccc4)ccc32)cc1. The standard InChI is InChI=1S/C38H24N4/c1-3-9-27(10-4-1)41-35-17-15-25(21-30(35)32-23-39-20-19-37(32)41)26-16-18-36-31(22-26)33-24-40-34-14-8-7-13-29(34)38(33)42(36)28-11-5-2-6-12-28/h1-24H. The van der Waals surface area contributed by atoms with Gasteiger partial charge in [-0.3, -0.25) is 9.97 Å². The summed E-state index contributed by atoms with van der Waals surface area (Å²) in [6.07, 6.45) is 5.88. The Bertz CT molecular complexity index is 2450. The number of para-hydroxylation sites is 3. The molecule has 0 radical (unpaired) electrons. The highest BCUT2D eigenvalue weighted by atomic mass is 15.0. The first kappa shape index (κ1) is 23.0. The fraction of sp³-hybridized carbons (Fsp3) is 0. The molecule has 0 bridgehead atoms. The predicted molar refractivity (Wildman–Crippen MR) is 174 cm³/mol. The van der Waals surface area contributed by atoms with E-state index in [0.717, 1.165) is 38.6 Å². The summed E-state index contributed by atoms with van der Waals surface area (Å²) in [5.41, 5.74) is 10.3. The second-order valence-electron chi connectivity index (χ2n) is 10.7. The molecular weight excluding hydrogens is 512 g/mol. The minimum Gasteiger partial charge on any atom is -0.309 e. The summed E-state index contributed by atoms with van der Waals surface area (Å²) >= 11 is 0. The highest BCUT2D eigenvalue weighted by Gasteiger charge is 2.17. The number of hydrogen-bond acceptors (Lipinski definition) is 2. The van der Waals surface area contributed by atoms with E-state index in [-0.39, 0.29) is 0 Å². The highest BCUT2D eigenvalue weighted by Crippen LogP contribution is 2.39. The van der Waals surface area contributed by atoms with Crippen LogP contribution in [0.4, 0.5) is 0 Å². The number of aromatic nitrogens is 4. The molecule has 0 aliphatic rings. The maximum absolute atomic E-state index is 4.85. The van der Waals surface area contributed by atoms with Crippen molar-refractivity contribution in [1.29, 1.82) is 0 Å². The molecule has 0 fully saturated rings. The van der Waals surface area contributed by atoms with Gasteiger partial charge >= 0.3 is 0 Å². The summed E-state index contributed by atoms with van der Waals surface area (Å²) in [5.74, 6) is 0. The first-order valence-corrected chi connectivity index (χ1v) is 14.2. The number of nitrogens with zero attached hydrogens (tertiary/aromatic N) is 4. The van der Waals surface area contributed by atoms with Gasteiger partial charge in [-0.05, 0) is 71.8 Å². The van der Waals surface area contributed by atoms with Crippen molar-refractivity contribution in [2.75, 3.05) is 0 Å². The Morgan fingerprint density at radius 1 is 0.429 bits per heavy atom. The van der Waals surface area contributed by atoms with Gasteiger partial charge in [-0.1, -0.05) is 66.7 Å². The zero-order valence-corrected chi connectivity index (χ0v) is 22.6. The van der Waals surface area contributed by atoms with Crippen LogP contribution in [0.25, 0.3) is 77.0 Å². The van der Waals surface area contributed by atoms with Crippen molar-refractivity contribution < 1.29 is 0 Å². The Morgan fingerprint density at radius 2 is 1.02 bits per heavy atom. The molecule has 0 N–H and O–H groups in total. The molecule has 0 amide bonds. The Morgan fingerprint density at radius 3 is 1.76 bits per heavy atom. The maximum atomic E-state index is 4.85. The molecule has 9 aromatic rings. The molecule has 9 rings (SSSR count). The van der Waals surface area contributed by atoms with E-state index in [9.17, 15) is 0 Å². The Hall–Kier alpha value is -5.74. The van der Waals surface area contributed by atoms with E-state index in [1.54, 1.807) is 0 Å². The fourth-order valence-electron chi connectivity index (χ4n) is 6.56. The van der Waals surface area contributed by atoms with Gasteiger partial charge in [0.2, 0.25) is 0 Å². The molecule has 42 heavy (non-hydrogen) atoms. The van der Waals surface area contributed by atoms with E-state index in [0.29, 0.717) is 0 Å². The summed E-state index contributed by atoms with van der Waals surface area (Å²) in [6.45, 7) is 0. The molecular formula is C38H24N4. The lowest BCUT2D eigenvalue weighted by atomic mass is 10.0. The lowest BCUT2D eigenvalue weighted by Crippen LogP contribution is -1.94. The Kier molecular flexibility index (Phi) is 4.87. The van der Waals surface area contributed by atoms with Crippen LogP contribution in [0.2, 0.25) is 0 Å². The minimum absolute atomic E-state index is 0.999. The summed E-state index contributed by atoms with van der Waals surface area (Å²) < 4.78 is 4.70. The third kappa shape index (κ3) is 3.29. The van der Waals surface area contributed by atoms with Crippen LogP contribution >= 0.6 is 0 Å². The quantitative estimate of drug-likeness (QED) is 0.225. The van der Waals surface area contributed by atoms with Crippen LogP contribution in [0.15, 0.2) is 146 Å². The van der Waals surface area contributed by atoms with Crippen molar-refractivity contribution >= 4 is 54.5 Å². The number of pyridine rings is 2. The average Bonchev–Trinajstić information content (AvgIpc) is 3.58. The predicted octanol–water partition coefficient (Wildman–Crippen LogP) is 9.49. The summed E-state index contributed by atoms with van der Waals surface area (Å²) in [5, 5.41) is 5.84. The molecule has 0 atom stereocenters. The number of rotatable bonds is 3. The summed E-state index contributed by atoms with van der Waals surface area (Å²) in [6, 6.07) is 45.3. The van der Waals surface area contributed by atoms with Gasteiger partial charge in [0.05, 0.1) is 27.6 Å². The van der Waals surface area contributed by atoms with Crippen molar-refractivity contribution in [2.45, 2.75) is 0 Å². The number of benzene rings is 5. The van der Waals surface area contributed by atoms with E-state index >= 15 is 0 Å². The third-order valence-corrected chi connectivity index (χ3v) is 8.43. The van der Waals surface area contributed by atoms with Gasteiger partial charge < -0.3 is 9.13 Å². The van der Waals surface area contributed by atoms with Crippen molar-refractivity contribution in [2.24, 2.45) is 0 Å². The molecule has 4 nitrogen and oxygen atoms in total. The first-order valence-electron chi connectivity index (χ1n) is 14.2. The maximum Gasteiger partial charge on any atom is 0.0723 e. The van der Waals surface area contributed by atoms with Gasteiger partial charge in [0.15, 0.2) is 0 Å². The summed E-state index contributed by atoms with van der Waals surface area (Å²) in [7, 11) is 0. The van der Waals surface area contributed by atoms with Gasteiger partial charge in [-0.15, -0.1) is 0 Å². The van der Waals surface area contributed by atoms with Crippen LogP contribution < -0.4 is 0 Å². The van der Waals surface area contributed by atoms with Gasteiger partial charge in [-0.25, -0.2) is 0 Å². The van der Waals surface area contributed by atoms with Crippen molar-refractivity contribution in [3.63, 3.8) is 0 Å². The lowest BCUT2D eigenvalue weighted by molar-refractivity contribution is 1.17. The van der Waals surface area contributed by atoms with Crippen LogP contribution in [0, 0.1) is 0 Å². The minimum atomic E-state index is 0.999. The van der Waals surface area contributed by atoms with E-state index in [1.165, 1.54) is 38.4 Å². The topological polar surface area (TPSA) is 35.6 Å². The van der Waals surface area contributed by atoms with Gasteiger partial charge in [-0.2, -0.15) is 0 Å². The number of hydrogen-bond donors (Lipinski definition) is 0. The lowest BCUT2D eigenvalue weighted by Gasteiger charge is -2.10. The average molecular weight is 537 g/mol.